The van der Waals surface area contributed by atoms with E-state index in [9.17, 15) is 0 Å². The Kier molecular flexibility index (Phi) is 3.13. The van der Waals surface area contributed by atoms with Crippen LogP contribution in [0.3, 0.4) is 0 Å². The maximum Gasteiger partial charge on any atom is 0.196 e. The van der Waals surface area contributed by atoms with E-state index in [1.807, 2.05) is 47.4 Å². The zero-order chi connectivity index (χ0) is 13.2. The molecular formula is C15H14ClN3. The van der Waals surface area contributed by atoms with Gasteiger partial charge < -0.3 is 10.6 Å². The lowest BCUT2D eigenvalue weighted by Gasteiger charge is -2.26. The molecule has 3 nitrogen and oxygen atoms in total. The molecule has 3 rings (SSSR count). The van der Waals surface area contributed by atoms with Gasteiger partial charge in [0.2, 0.25) is 0 Å². The van der Waals surface area contributed by atoms with Crippen LogP contribution in [0.5, 0.6) is 0 Å². The lowest BCUT2D eigenvalue weighted by Crippen LogP contribution is -2.36. The molecule has 96 valence electrons. The Hall–Kier alpha value is -2.00. The van der Waals surface area contributed by atoms with Crippen molar-refractivity contribution in [2.24, 2.45) is 10.7 Å². The first kappa shape index (κ1) is 12.1. The van der Waals surface area contributed by atoms with Gasteiger partial charge in [-0.1, -0.05) is 41.9 Å². The van der Waals surface area contributed by atoms with E-state index in [1.165, 1.54) is 5.56 Å². The van der Waals surface area contributed by atoms with Crippen molar-refractivity contribution in [3.8, 4) is 0 Å². The number of aliphatic imine (C=N–C) groups is 1. The third kappa shape index (κ3) is 2.29. The van der Waals surface area contributed by atoms with Gasteiger partial charge in [-0.3, -0.25) is 4.99 Å². The molecule has 0 bridgehead atoms. The standard InChI is InChI=1S/C15H14ClN3/c16-12-6-8-13(9-7-12)19-14(10-18-15(19)17)11-4-2-1-3-5-11/h1-9,14H,10H2,(H2,17,18). The highest BCUT2D eigenvalue weighted by Crippen LogP contribution is 2.31. The summed E-state index contributed by atoms with van der Waals surface area (Å²) < 4.78 is 0. The summed E-state index contributed by atoms with van der Waals surface area (Å²) in [7, 11) is 0. The molecule has 1 aliphatic rings. The topological polar surface area (TPSA) is 41.6 Å². The molecule has 0 amide bonds. The average Bonchev–Trinajstić information content (AvgIpc) is 2.83. The van der Waals surface area contributed by atoms with Crippen LogP contribution in [0.4, 0.5) is 5.69 Å². The quantitative estimate of drug-likeness (QED) is 0.911. The van der Waals surface area contributed by atoms with Crippen LogP contribution in [0.2, 0.25) is 5.02 Å². The Morgan fingerprint density at radius 2 is 1.74 bits per heavy atom. The lowest BCUT2D eigenvalue weighted by atomic mass is 10.1. The van der Waals surface area contributed by atoms with E-state index < -0.39 is 0 Å². The zero-order valence-electron chi connectivity index (χ0n) is 10.3. The Morgan fingerprint density at radius 1 is 1.05 bits per heavy atom. The molecule has 0 saturated heterocycles. The third-order valence-electron chi connectivity index (χ3n) is 3.27. The largest absolute Gasteiger partial charge is 0.369 e. The number of nitrogens with two attached hydrogens (primary N) is 1. The summed E-state index contributed by atoms with van der Waals surface area (Å²) in [6.45, 7) is 0.679. The van der Waals surface area contributed by atoms with E-state index in [0.717, 1.165) is 10.7 Å². The molecule has 2 aromatic carbocycles. The molecular weight excluding hydrogens is 258 g/mol. The third-order valence-corrected chi connectivity index (χ3v) is 3.53. The summed E-state index contributed by atoms with van der Waals surface area (Å²) in [5, 5.41) is 0.717. The van der Waals surface area contributed by atoms with Gasteiger partial charge >= 0.3 is 0 Å². The lowest BCUT2D eigenvalue weighted by molar-refractivity contribution is 0.769. The van der Waals surface area contributed by atoms with Crippen LogP contribution in [-0.2, 0) is 0 Å². The summed E-state index contributed by atoms with van der Waals surface area (Å²) in [4.78, 5) is 6.41. The van der Waals surface area contributed by atoms with Gasteiger partial charge in [0.15, 0.2) is 5.96 Å². The van der Waals surface area contributed by atoms with E-state index in [2.05, 4.69) is 17.1 Å². The minimum absolute atomic E-state index is 0.155. The van der Waals surface area contributed by atoms with Gasteiger partial charge in [-0.25, -0.2) is 0 Å². The molecule has 1 atom stereocenters. The van der Waals surface area contributed by atoms with Crippen molar-refractivity contribution in [3.63, 3.8) is 0 Å². The van der Waals surface area contributed by atoms with E-state index >= 15 is 0 Å². The molecule has 2 aromatic rings. The fourth-order valence-corrected chi connectivity index (χ4v) is 2.47. The predicted molar refractivity (Wildman–Crippen MR) is 79.6 cm³/mol. The van der Waals surface area contributed by atoms with Crippen molar-refractivity contribution in [2.75, 3.05) is 11.4 Å². The van der Waals surface area contributed by atoms with Crippen LogP contribution in [0, 0.1) is 0 Å². The fraction of sp³-hybridized carbons (Fsp3) is 0.133. The maximum absolute atomic E-state index is 6.02. The fourth-order valence-electron chi connectivity index (χ4n) is 2.34. The number of guanidine groups is 1. The maximum atomic E-state index is 6.02. The first-order chi connectivity index (χ1) is 9.25. The molecule has 0 saturated carbocycles. The molecule has 0 spiro atoms. The average molecular weight is 272 g/mol. The van der Waals surface area contributed by atoms with Crippen molar-refractivity contribution >= 4 is 23.2 Å². The SMILES string of the molecule is NC1=NCC(c2ccccc2)N1c1ccc(Cl)cc1. The second kappa shape index (κ2) is 4.94. The van der Waals surface area contributed by atoms with Crippen LogP contribution in [0.15, 0.2) is 59.6 Å². The summed E-state index contributed by atoms with van der Waals surface area (Å²) >= 11 is 5.93. The second-order valence-electron chi connectivity index (χ2n) is 4.47. The predicted octanol–water partition coefficient (Wildman–Crippen LogP) is 3.22. The number of rotatable bonds is 2. The zero-order valence-corrected chi connectivity index (χ0v) is 11.1. The molecule has 0 aromatic heterocycles. The number of halogens is 1. The number of hydrogen-bond acceptors (Lipinski definition) is 3. The van der Waals surface area contributed by atoms with Gasteiger partial charge in [-0.05, 0) is 29.8 Å². The molecule has 1 aliphatic heterocycles. The van der Waals surface area contributed by atoms with Gasteiger partial charge in [0.05, 0.1) is 12.6 Å². The Balaban J connectivity index is 1.97. The smallest absolute Gasteiger partial charge is 0.196 e. The monoisotopic (exact) mass is 271 g/mol. The second-order valence-corrected chi connectivity index (χ2v) is 4.91. The highest BCUT2D eigenvalue weighted by molar-refractivity contribution is 6.30. The minimum Gasteiger partial charge on any atom is -0.369 e. The Morgan fingerprint density at radius 3 is 2.42 bits per heavy atom. The molecule has 2 N–H and O–H groups in total. The minimum atomic E-state index is 0.155. The van der Waals surface area contributed by atoms with E-state index in [4.69, 9.17) is 17.3 Å². The number of nitrogens with zero attached hydrogens (tertiary/aromatic N) is 2. The summed E-state index contributed by atoms with van der Waals surface area (Å²) in [6.07, 6.45) is 0. The Bertz CT molecular complexity index is 593. The Labute approximate surface area is 117 Å². The van der Waals surface area contributed by atoms with Gasteiger partial charge in [-0.2, -0.15) is 0 Å². The summed E-state index contributed by atoms with van der Waals surface area (Å²) in [5.74, 6) is 0.552. The van der Waals surface area contributed by atoms with Crippen molar-refractivity contribution < 1.29 is 0 Å². The first-order valence-electron chi connectivity index (χ1n) is 6.15. The molecule has 1 heterocycles. The van der Waals surface area contributed by atoms with Crippen molar-refractivity contribution in [1.82, 2.24) is 0 Å². The van der Waals surface area contributed by atoms with Crippen LogP contribution >= 0.6 is 11.6 Å². The highest BCUT2D eigenvalue weighted by Gasteiger charge is 2.28. The number of hydrogen-bond donors (Lipinski definition) is 1. The number of benzene rings is 2. The van der Waals surface area contributed by atoms with Gasteiger partial charge in [-0.15, -0.1) is 0 Å². The molecule has 1 unspecified atom stereocenters. The number of anilines is 1. The first-order valence-corrected chi connectivity index (χ1v) is 6.53. The van der Waals surface area contributed by atoms with Crippen LogP contribution in [0.25, 0.3) is 0 Å². The summed E-state index contributed by atoms with van der Waals surface area (Å²) in [6, 6.07) is 18.1. The van der Waals surface area contributed by atoms with Crippen molar-refractivity contribution in [2.45, 2.75) is 6.04 Å². The van der Waals surface area contributed by atoms with Crippen LogP contribution in [0.1, 0.15) is 11.6 Å². The highest BCUT2D eigenvalue weighted by atomic mass is 35.5. The molecule has 19 heavy (non-hydrogen) atoms. The van der Waals surface area contributed by atoms with Gasteiger partial charge in [0.25, 0.3) is 0 Å². The molecule has 4 heteroatoms. The van der Waals surface area contributed by atoms with Gasteiger partial charge in [0.1, 0.15) is 0 Å². The molecule has 0 aliphatic carbocycles. The van der Waals surface area contributed by atoms with Crippen LogP contribution in [-0.4, -0.2) is 12.5 Å². The van der Waals surface area contributed by atoms with Crippen molar-refractivity contribution in [1.29, 1.82) is 0 Å². The van der Waals surface area contributed by atoms with Crippen LogP contribution < -0.4 is 10.6 Å². The summed E-state index contributed by atoms with van der Waals surface area (Å²) in [5.41, 5.74) is 8.24. The normalized spacial score (nSPS) is 18.5. The van der Waals surface area contributed by atoms with Gasteiger partial charge in [0, 0.05) is 10.7 Å². The molecule has 0 fully saturated rings. The van der Waals surface area contributed by atoms with E-state index in [-0.39, 0.29) is 6.04 Å². The molecule has 0 radical (unpaired) electrons. The van der Waals surface area contributed by atoms with E-state index in [1.54, 1.807) is 0 Å². The van der Waals surface area contributed by atoms with Crippen molar-refractivity contribution in [3.05, 3.63) is 65.2 Å². The van der Waals surface area contributed by atoms with E-state index in [0.29, 0.717) is 12.5 Å².